The van der Waals surface area contributed by atoms with Crippen molar-refractivity contribution < 1.29 is 19.4 Å². The topological polar surface area (TPSA) is 79.7 Å². The van der Waals surface area contributed by atoms with Crippen molar-refractivity contribution in [3.8, 4) is 5.75 Å². The van der Waals surface area contributed by atoms with E-state index < -0.39 is 18.1 Å². The molecule has 0 saturated carbocycles. The number of ether oxygens (including phenoxy) is 1. The fraction of sp³-hybridized carbons (Fsp3) is 0.188. The maximum atomic E-state index is 12.2. The summed E-state index contributed by atoms with van der Waals surface area (Å²) in [5, 5.41) is 8.96. The van der Waals surface area contributed by atoms with Crippen LogP contribution in [-0.2, 0) is 9.59 Å². The third-order valence-electron chi connectivity index (χ3n) is 3.49. The Bertz CT molecular complexity index is 675. The maximum absolute atomic E-state index is 12.2. The largest absolute Gasteiger partial charge is 0.480 e. The van der Waals surface area contributed by atoms with E-state index in [1.807, 2.05) is 18.2 Å². The molecule has 2 aromatic rings. The van der Waals surface area contributed by atoms with Crippen molar-refractivity contribution in [1.29, 1.82) is 0 Å². The average molecular weight is 298 g/mol. The fourth-order valence-electron chi connectivity index (χ4n) is 2.51. The summed E-state index contributed by atoms with van der Waals surface area (Å²) in [6.45, 7) is -0.354. The van der Waals surface area contributed by atoms with Crippen LogP contribution in [0.15, 0.2) is 54.9 Å². The van der Waals surface area contributed by atoms with Gasteiger partial charge in [-0.3, -0.25) is 14.6 Å². The Kier molecular flexibility index (Phi) is 3.74. The smallest absolute Gasteiger partial charge is 0.323 e. The Balaban J connectivity index is 1.85. The van der Waals surface area contributed by atoms with Crippen LogP contribution in [0.3, 0.4) is 0 Å². The van der Waals surface area contributed by atoms with Crippen molar-refractivity contribution in [3.05, 3.63) is 60.4 Å². The van der Waals surface area contributed by atoms with Crippen molar-refractivity contribution in [2.45, 2.75) is 12.1 Å². The molecule has 1 aromatic heterocycles. The summed E-state index contributed by atoms with van der Waals surface area (Å²) in [5.41, 5.74) is 0.754. The van der Waals surface area contributed by atoms with Crippen LogP contribution in [0, 0.1) is 0 Å². The number of β-lactam (4-membered cyclic amide) rings is 1. The molecule has 0 spiro atoms. The molecule has 1 aliphatic heterocycles. The number of hydrogen-bond donors (Lipinski definition) is 1. The van der Waals surface area contributed by atoms with Crippen LogP contribution in [0.1, 0.15) is 11.6 Å². The van der Waals surface area contributed by atoms with Gasteiger partial charge in [-0.05, 0) is 23.8 Å². The van der Waals surface area contributed by atoms with Gasteiger partial charge in [-0.2, -0.15) is 0 Å². The number of para-hydroxylation sites is 1. The number of amides is 1. The molecule has 6 heteroatoms. The standard InChI is InChI=1S/C16H14N2O4/c19-13(20)10-18-14(11-5-4-8-17-9-11)15(16(18)21)22-12-6-2-1-3-7-12/h1-9,14-15H,10H2,(H,19,20). The Hall–Kier alpha value is -2.89. The lowest BCUT2D eigenvalue weighted by Crippen LogP contribution is -2.62. The van der Waals surface area contributed by atoms with Gasteiger partial charge in [0.2, 0.25) is 6.10 Å². The van der Waals surface area contributed by atoms with E-state index in [4.69, 9.17) is 9.84 Å². The summed E-state index contributed by atoms with van der Waals surface area (Å²) in [4.78, 5) is 28.5. The molecular weight excluding hydrogens is 284 g/mol. The van der Waals surface area contributed by atoms with E-state index in [9.17, 15) is 9.59 Å². The summed E-state index contributed by atoms with van der Waals surface area (Å²) >= 11 is 0. The molecule has 1 fully saturated rings. The molecule has 6 nitrogen and oxygen atoms in total. The number of aliphatic carboxylic acids is 1. The number of carbonyl (C=O) groups excluding carboxylic acids is 1. The van der Waals surface area contributed by atoms with Gasteiger partial charge in [0.25, 0.3) is 5.91 Å². The van der Waals surface area contributed by atoms with E-state index in [0.29, 0.717) is 5.75 Å². The number of hydrogen-bond acceptors (Lipinski definition) is 4. The van der Waals surface area contributed by atoms with Crippen LogP contribution < -0.4 is 4.74 Å². The number of likely N-dealkylation sites (tertiary alicyclic amines) is 1. The molecule has 2 unspecified atom stereocenters. The first-order valence-corrected chi connectivity index (χ1v) is 6.81. The molecule has 2 heterocycles. The maximum Gasteiger partial charge on any atom is 0.323 e. The Labute approximate surface area is 127 Å². The van der Waals surface area contributed by atoms with Gasteiger partial charge >= 0.3 is 5.97 Å². The van der Waals surface area contributed by atoms with Gasteiger partial charge in [-0.15, -0.1) is 0 Å². The highest BCUT2D eigenvalue weighted by Crippen LogP contribution is 2.37. The summed E-state index contributed by atoms with van der Waals surface area (Å²) in [6.07, 6.45) is 2.51. The molecule has 1 N–H and O–H groups in total. The van der Waals surface area contributed by atoms with Gasteiger partial charge in [0.05, 0.1) is 0 Å². The number of carboxylic acid groups (broad SMARTS) is 1. The molecule has 0 radical (unpaired) electrons. The Morgan fingerprint density at radius 2 is 2.00 bits per heavy atom. The summed E-state index contributed by atoms with van der Waals surface area (Å²) < 4.78 is 5.73. The first-order valence-electron chi connectivity index (χ1n) is 6.81. The highest BCUT2D eigenvalue weighted by atomic mass is 16.5. The molecule has 1 saturated heterocycles. The molecule has 1 aromatic carbocycles. The minimum atomic E-state index is -1.06. The van der Waals surface area contributed by atoms with Gasteiger partial charge in [0, 0.05) is 12.4 Å². The molecule has 1 aliphatic rings. The molecule has 3 rings (SSSR count). The van der Waals surface area contributed by atoms with Crippen LogP contribution in [0.5, 0.6) is 5.75 Å². The Morgan fingerprint density at radius 3 is 2.64 bits per heavy atom. The van der Waals surface area contributed by atoms with E-state index in [1.165, 1.54) is 4.90 Å². The van der Waals surface area contributed by atoms with Crippen molar-refractivity contribution in [1.82, 2.24) is 9.88 Å². The van der Waals surface area contributed by atoms with Gasteiger partial charge in [0.1, 0.15) is 18.3 Å². The van der Waals surface area contributed by atoms with Gasteiger partial charge in [-0.1, -0.05) is 24.3 Å². The number of benzene rings is 1. The summed E-state index contributed by atoms with van der Waals surface area (Å²) in [5.74, 6) is -0.815. The number of nitrogens with zero attached hydrogens (tertiary/aromatic N) is 2. The summed E-state index contributed by atoms with van der Waals surface area (Å²) in [7, 11) is 0. The zero-order valence-corrected chi connectivity index (χ0v) is 11.6. The van der Waals surface area contributed by atoms with E-state index in [0.717, 1.165) is 5.56 Å². The van der Waals surface area contributed by atoms with Gasteiger partial charge in [0.15, 0.2) is 0 Å². The van der Waals surface area contributed by atoms with E-state index in [2.05, 4.69) is 4.98 Å². The van der Waals surface area contributed by atoms with E-state index in [-0.39, 0.29) is 12.5 Å². The average Bonchev–Trinajstić information content (AvgIpc) is 2.55. The fourth-order valence-corrected chi connectivity index (χ4v) is 2.51. The predicted molar refractivity (Wildman–Crippen MR) is 77.2 cm³/mol. The van der Waals surface area contributed by atoms with Crippen LogP contribution in [-0.4, -0.2) is 39.5 Å². The second-order valence-corrected chi connectivity index (χ2v) is 4.94. The quantitative estimate of drug-likeness (QED) is 0.846. The zero-order chi connectivity index (χ0) is 15.5. The molecule has 0 bridgehead atoms. The highest BCUT2D eigenvalue weighted by Gasteiger charge is 2.50. The number of carbonyl (C=O) groups is 2. The zero-order valence-electron chi connectivity index (χ0n) is 11.6. The van der Waals surface area contributed by atoms with Crippen molar-refractivity contribution in [2.75, 3.05) is 6.54 Å². The van der Waals surface area contributed by atoms with Crippen molar-refractivity contribution >= 4 is 11.9 Å². The summed E-state index contributed by atoms with van der Waals surface area (Å²) in [6, 6.07) is 12.1. The predicted octanol–water partition coefficient (Wildman–Crippen LogP) is 1.50. The van der Waals surface area contributed by atoms with Crippen LogP contribution in [0.4, 0.5) is 0 Å². The lowest BCUT2D eigenvalue weighted by Gasteiger charge is -2.45. The third kappa shape index (κ3) is 2.63. The normalized spacial score (nSPS) is 20.4. The molecule has 2 atom stereocenters. The second kappa shape index (κ2) is 5.85. The van der Waals surface area contributed by atoms with Crippen molar-refractivity contribution in [3.63, 3.8) is 0 Å². The molecule has 112 valence electrons. The lowest BCUT2D eigenvalue weighted by molar-refractivity contribution is -0.169. The molecule has 0 aliphatic carbocycles. The number of pyridine rings is 1. The minimum Gasteiger partial charge on any atom is -0.480 e. The van der Waals surface area contributed by atoms with E-state index >= 15 is 0 Å². The first kappa shape index (κ1) is 14.1. The van der Waals surface area contributed by atoms with Gasteiger partial charge in [-0.25, -0.2) is 0 Å². The minimum absolute atomic E-state index is 0.333. The van der Waals surface area contributed by atoms with Crippen LogP contribution >= 0.6 is 0 Å². The van der Waals surface area contributed by atoms with Crippen LogP contribution in [0.25, 0.3) is 0 Å². The highest BCUT2D eigenvalue weighted by molar-refractivity contribution is 5.92. The molecular formula is C16H14N2O4. The van der Waals surface area contributed by atoms with Crippen LogP contribution in [0.2, 0.25) is 0 Å². The van der Waals surface area contributed by atoms with Crippen molar-refractivity contribution in [2.24, 2.45) is 0 Å². The number of carboxylic acids is 1. The second-order valence-electron chi connectivity index (χ2n) is 4.94. The lowest BCUT2D eigenvalue weighted by atomic mass is 9.91. The first-order chi connectivity index (χ1) is 10.7. The monoisotopic (exact) mass is 298 g/mol. The molecule has 22 heavy (non-hydrogen) atoms. The third-order valence-corrected chi connectivity index (χ3v) is 3.49. The number of rotatable bonds is 5. The Morgan fingerprint density at radius 1 is 1.23 bits per heavy atom. The number of aromatic nitrogens is 1. The SMILES string of the molecule is O=C(O)CN1C(=O)C(Oc2ccccc2)C1c1cccnc1. The molecule has 1 amide bonds. The van der Waals surface area contributed by atoms with Gasteiger partial charge < -0.3 is 14.7 Å². The van der Waals surface area contributed by atoms with E-state index in [1.54, 1.807) is 36.7 Å².